The predicted molar refractivity (Wildman–Crippen MR) is 62.3 cm³/mol. The van der Waals surface area contributed by atoms with Gasteiger partial charge in [-0.05, 0) is 12.8 Å². The van der Waals surface area contributed by atoms with E-state index in [1.54, 1.807) is 6.92 Å². The van der Waals surface area contributed by atoms with Crippen LogP contribution in [0.2, 0.25) is 0 Å². The second-order valence-corrected chi connectivity index (χ2v) is 4.28. The van der Waals surface area contributed by atoms with E-state index in [4.69, 9.17) is 5.11 Å². The number of carbonyl (C=O) groups excluding carboxylic acids is 2. The minimum atomic E-state index is -1.31. The second-order valence-electron chi connectivity index (χ2n) is 4.28. The molecule has 0 saturated carbocycles. The van der Waals surface area contributed by atoms with Crippen LogP contribution < -0.4 is 0 Å². The van der Waals surface area contributed by atoms with Crippen LogP contribution in [0.1, 0.15) is 32.6 Å². The van der Waals surface area contributed by atoms with Gasteiger partial charge in [0.05, 0.1) is 12.5 Å². The molecule has 3 N–H and O–H groups in total. The van der Waals surface area contributed by atoms with Gasteiger partial charge >= 0.3 is 11.9 Å². The monoisotopic (exact) mass is 272 g/mol. The highest BCUT2D eigenvalue weighted by molar-refractivity contribution is 6.19. The quantitative estimate of drug-likeness (QED) is 0.450. The number of ether oxygens (including phenoxy) is 1. The lowest BCUT2D eigenvalue weighted by atomic mass is 10.0. The SMILES string of the molecule is CC[C@H](O)CCC(=O)C1=C(O)[C@H](CC(=O)O)OC1=O. The Hall–Kier alpha value is -1.89. The van der Waals surface area contributed by atoms with Gasteiger partial charge in [0.15, 0.2) is 17.6 Å². The normalized spacial score (nSPS) is 20.3. The van der Waals surface area contributed by atoms with E-state index >= 15 is 0 Å². The van der Waals surface area contributed by atoms with Crippen molar-refractivity contribution in [3.8, 4) is 0 Å². The Bertz CT molecular complexity index is 424. The number of cyclic esters (lactones) is 1. The maximum absolute atomic E-state index is 11.7. The number of carbonyl (C=O) groups is 3. The lowest BCUT2D eigenvalue weighted by molar-refractivity contribution is -0.145. The summed E-state index contributed by atoms with van der Waals surface area (Å²) < 4.78 is 4.62. The highest BCUT2D eigenvalue weighted by Crippen LogP contribution is 2.25. The molecule has 0 aromatic carbocycles. The Balaban J connectivity index is 2.74. The van der Waals surface area contributed by atoms with Crippen molar-refractivity contribution in [1.82, 2.24) is 0 Å². The molecule has 0 radical (unpaired) electrons. The van der Waals surface area contributed by atoms with Crippen molar-refractivity contribution in [3.63, 3.8) is 0 Å². The lowest BCUT2D eigenvalue weighted by Gasteiger charge is -2.06. The Labute approximate surface area is 109 Å². The summed E-state index contributed by atoms with van der Waals surface area (Å²) in [5.74, 6) is -3.55. The topological polar surface area (TPSA) is 121 Å². The van der Waals surface area contributed by atoms with Gasteiger partial charge < -0.3 is 20.1 Å². The molecule has 0 fully saturated rings. The molecule has 0 saturated heterocycles. The zero-order valence-electron chi connectivity index (χ0n) is 10.5. The average Bonchev–Trinajstić information content (AvgIpc) is 2.60. The van der Waals surface area contributed by atoms with Crippen molar-refractivity contribution in [2.24, 2.45) is 0 Å². The van der Waals surface area contributed by atoms with Gasteiger partial charge in [0.1, 0.15) is 5.57 Å². The average molecular weight is 272 g/mol. The lowest BCUT2D eigenvalue weighted by Crippen LogP contribution is -2.16. The van der Waals surface area contributed by atoms with E-state index in [0.29, 0.717) is 6.42 Å². The van der Waals surface area contributed by atoms with E-state index in [0.717, 1.165) is 0 Å². The molecule has 0 spiro atoms. The third-order valence-electron chi connectivity index (χ3n) is 2.83. The number of carboxylic acids is 1. The fourth-order valence-electron chi connectivity index (χ4n) is 1.69. The summed E-state index contributed by atoms with van der Waals surface area (Å²) in [6, 6.07) is 0. The van der Waals surface area contributed by atoms with Crippen molar-refractivity contribution in [2.45, 2.75) is 44.8 Å². The molecule has 0 unspecified atom stereocenters. The first-order valence-corrected chi connectivity index (χ1v) is 5.94. The van der Waals surface area contributed by atoms with Crippen LogP contribution in [0.4, 0.5) is 0 Å². The Morgan fingerprint density at radius 1 is 1.42 bits per heavy atom. The summed E-state index contributed by atoms with van der Waals surface area (Å²) >= 11 is 0. The zero-order chi connectivity index (χ0) is 14.6. The molecule has 2 atom stereocenters. The van der Waals surface area contributed by atoms with Crippen LogP contribution in [0.25, 0.3) is 0 Å². The number of aliphatic hydroxyl groups excluding tert-OH is 2. The smallest absolute Gasteiger partial charge is 0.346 e. The van der Waals surface area contributed by atoms with Gasteiger partial charge in [-0.1, -0.05) is 6.92 Å². The van der Waals surface area contributed by atoms with Gasteiger partial charge in [0, 0.05) is 6.42 Å². The van der Waals surface area contributed by atoms with Crippen LogP contribution in [0.5, 0.6) is 0 Å². The van der Waals surface area contributed by atoms with Gasteiger partial charge in [-0.2, -0.15) is 0 Å². The van der Waals surface area contributed by atoms with E-state index in [1.165, 1.54) is 0 Å². The van der Waals surface area contributed by atoms with Crippen LogP contribution in [0.15, 0.2) is 11.3 Å². The number of aliphatic hydroxyl groups is 2. The molecule has 1 aliphatic rings. The van der Waals surface area contributed by atoms with Gasteiger partial charge in [-0.25, -0.2) is 4.79 Å². The number of aliphatic carboxylic acids is 1. The van der Waals surface area contributed by atoms with E-state index in [2.05, 4.69) is 4.74 Å². The van der Waals surface area contributed by atoms with Gasteiger partial charge in [0.25, 0.3) is 0 Å². The Kier molecular flexibility index (Phi) is 5.05. The molecule has 106 valence electrons. The number of carboxylic acid groups (broad SMARTS) is 1. The summed E-state index contributed by atoms with van der Waals surface area (Å²) in [6.07, 6.45) is -2.01. The number of esters is 1. The van der Waals surface area contributed by atoms with Crippen LogP contribution in [-0.2, 0) is 19.1 Å². The molecule has 19 heavy (non-hydrogen) atoms. The third-order valence-corrected chi connectivity index (χ3v) is 2.83. The molecule has 1 heterocycles. The molecular weight excluding hydrogens is 256 g/mol. The Morgan fingerprint density at radius 3 is 2.58 bits per heavy atom. The molecule has 1 aliphatic heterocycles. The maximum atomic E-state index is 11.7. The van der Waals surface area contributed by atoms with E-state index in [1.807, 2.05) is 0 Å². The molecular formula is C12H16O7. The molecule has 7 nitrogen and oxygen atoms in total. The molecule has 0 amide bonds. The first-order valence-electron chi connectivity index (χ1n) is 5.94. The van der Waals surface area contributed by atoms with E-state index in [-0.39, 0.29) is 12.8 Å². The van der Waals surface area contributed by atoms with E-state index < -0.39 is 47.7 Å². The highest BCUT2D eigenvalue weighted by atomic mass is 16.6. The molecule has 1 rings (SSSR count). The number of hydrogen-bond acceptors (Lipinski definition) is 6. The molecule has 0 aromatic heterocycles. The zero-order valence-corrected chi connectivity index (χ0v) is 10.5. The van der Waals surface area contributed by atoms with E-state index in [9.17, 15) is 24.6 Å². The maximum Gasteiger partial charge on any atom is 0.346 e. The van der Waals surface area contributed by atoms with Crippen molar-refractivity contribution in [2.75, 3.05) is 0 Å². The minimum Gasteiger partial charge on any atom is -0.507 e. The second kappa shape index (κ2) is 6.33. The number of rotatable bonds is 7. The predicted octanol–water partition coefficient (Wildman–Crippen LogP) is 0.319. The summed E-state index contributed by atoms with van der Waals surface area (Å²) in [4.78, 5) is 33.7. The molecule has 0 aromatic rings. The van der Waals surface area contributed by atoms with Crippen molar-refractivity contribution >= 4 is 17.7 Å². The number of hydrogen-bond donors (Lipinski definition) is 3. The first-order chi connectivity index (χ1) is 8.86. The number of Topliss-reactive ketones (excluding diaryl/α,β-unsaturated/α-hetero) is 1. The fraction of sp³-hybridized carbons (Fsp3) is 0.583. The standard InChI is InChI=1S/C12H16O7/c1-2-6(13)3-4-7(14)10-11(17)8(5-9(15)16)19-12(10)18/h6,8,13,17H,2-5H2,1H3,(H,15,16)/t6-,8-/m0/s1. The third kappa shape index (κ3) is 3.78. The largest absolute Gasteiger partial charge is 0.507 e. The molecule has 7 heteroatoms. The van der Waals surface area contributed by atoms with Crippen LogP contribution in [0.3, 0.4) is 0 Å². The number of ketones is 1. The summed E-state index contributed by atoms with van der Waals surface area (Å²) in [5.41, 5.74) is -0.505. The summed E-state index contributed by atoms with van der Waals surface area (Å²) in [7, 11) is 0. The van der Waals surface area contributed by atoms with Gasteiger partial charge in [-0.15, -0.1) is 0 Å². The van der Waals surface area contributed by atoms with Crippen molar-refractivity contribution in [3.05, 3.63) is 11.3 Å². The van der Waals surface area contributed by atoms with Crippen molar-refractivity contribution < 1.29 is 34.4 Å². The van der Waals surface area contributed by atoms with Crippen LogP contribution >= 0.6 is 0 Å². The molecule has 0 bridgehead atoms. The van der Waals surface area contributed by atoms with Gasteiger partial charge in [0.2, 0.25) is 0 Å². The molecule has 0 aliphatic carbocycles. The minimum absolute atomic E-state index is 0.108. The van der Waals surface area contributed by atoms with Gasteiger partial charge in [-0.3, -0.25) is 9.59 Å². The first kappa shape index (κ1) is 15.2. The summed E-state index contributed by atoms with van der Waals surface area (Å²) in [5, 5.41) is 27.5. The van der Waals surface area contributed by atoms with Crippen molar-refractivity contribution in [1.29, 1.82) is 0 Å². The summed E-state index contributed by atoms with van der Waals surface area (Å²) in [6.45, 7) is 1.75. The fourth-order valence-corrected chi connectivity index (χ4v) is 1.69. The van der Waals surface area contributed by atoms with Crippen LogP contribution in [-0.4, -0.2) is 45.2 Å². The Morgan fingerprint density at radius 2 is 2.05 bits per heavy atom. The van der Waals surface area contributed by atoms with Crippen LogP contribution in [0, 0.1) is 0 Å². The highest BCUT2D eigenvalue weighted by Gasteiger charge is 2.39.